The lowest BCUT2D eigenvalue weighted by Crippen LogP contribution is -2.39. The molecule has 0 atom stereocenters. The van der Waals surface area contributed by atoms with E-state index in [1.54, 1.807) is 18.5 Å². The van der Waals surface area contributed by atoms with Gasteiger partial charge in [-0.3, -0.25) is 4.79 Å². The van der Waals surface area contributed by atoms with Crippen LogP contribution in [0.25, 0.3) is 11.0 Å². The van der Waals surface area contributed by atoms with Crippen LogP contribution in [-0.2, 0) is 11.2 Å². The topological polar surface area (TPSA) is 38.1 Å². The van der Waals surface area contributed by atoms with Crippen molar-refractivity contribution in [3.8, 4) is 0 Å². The van der Waals surface area contributed by atoms with Crippen molar-refractivity contribution >= 4 is 16.9 Å². The average molecular weight is 365 g/mol. The first-order valence-electron chi connectivity index (χ1n) is 9.55. The summed E-state index contributed by atoms with van der Waals surface area (Å²) in [7, 11) is 0. The molecule has 140 valence electrons. The van der Waals surface area contributed by atoms with Crippen LogP contribution in [0.2, 0.25) is 0 Å². The molecule has 0 aliphatic carbocycles. The Kier molecular flexibility index (Phi) is 4.92. The molecule has 4 rings (SSSR count). The minimum Gasteiger partial charge on any atom is -0.343 e. The van der Waals surface area contributed by atoms with E-state index in [4.69, 9.17) is 0 Å². The van der Waals surface area contributed by atoms with E-state index in [9.17, 15) is 9.18 Å². The molecule has 0 unspecified atom stereocenters. The number of rotatable bonds is 4. The monoisotopic (exact) mass is 365 g/mol. The fourth-order valence-corrected chi connectivity index (χ4v) is 3.85. The number of hydrogen-bond donors (Lipinski definition) is 0. The molecule has 4 nitrogen and oxygen atoms in total. The molecule has 0 spiro atoms. The standard InChI is InChI=1S/C22H24FN3O/c1-16-2-4-17(5-3-16)6-9-22(27)25-12-10-19(11-13-25)26-15-24-20-8-7-18(23)14-21(20)26/h2-5,7-8,14-15,19H,6,9-13H2,1H3. The van der Waals surface area contributed by atoms with Crippen molar-refractivity contribution in [3.63, 3.8) is 0 Å². The Morgan fingerprint density at radius 3 is 2.63 bits per heavy atom. The van der Waals surface area contributed by atoms with E-state index >= 15 is 0 Å². The number of fused-ring (bicyclic) bond motifs is 1. The highest BCUT2D eigenvalue weighted by Crippen LogP contribution is 2.27. The van der Waals surface area contributed by atoms with E-state index in [-0.39, 0.29) is 17.8 Å². The molecule has 0 N–H and O–H groups in total. The summed E-state index contributed by atoms with van der Waals surface area (Å²) in [5.74, 6) is -0.0245. The third-order valence-corrected chi connectivity index (χ3v) is 5.50. The molecule has 2 aromatic carbocycles. The first-order valence-corrected chi connectivity index (χ1v) is 9.55. The Morgan fingerprint density at radius 2 is 1.89 bits per heavy atom. The second-order valence-corrected chi connectivity index (χ2v) is 7.38. The minimum absolute atomic E-state index is 0.218. The summed E-state index contributed by atoms with van der Waals surface area (Å²) in [6, 6.07) is 13.3. The number of nitrogens with zero attached hydrogens (tertiary/aromatic N) is 3. The number of likely N-dealkylation sites (tertiary alicyclic amines) is 1. The van der Waals surface area contributed by atoms with E-state index in [0.29, 0.717) is 6.42 Å². The maximum Gasteiger partial charge on any atom is 0.222 e. The van der Waals surface area contributed by atoms with Gasteiger partial charge in [-0.2, -0.15) is 0 Å². The number of piperidine rings is 1. The molecule has 1 aliphatic rings. The van der Waals surface area contributed by atoms with E-state index < -0.39 is 0 Å². The molecular formula is C22H24FN3O. The summed E-state index contributed by atoms with van der Waals surface area (Å²) in [5, 5.41) is 0. The van der Waals surface area contributed by atoms with Crippen LogP contribution in [0.3, 0.4) is 0 Å². The molecule has 0 bridgehead atoms. The number of aryl methyl sites for hydroxylation is 2. The van der Waals surface area contributed by atoms with Crippen molar-refractivity contribution in [2.24, 2.45) is 0 Å². The first kappa shape index (κ1) is 17.7. The number of hydrogen-bond acceptors (Lipinski definition) is 2. The summed E-state index contributed by atoms with van der Waals surface area (Å²) >= 11 is 0. The minimum atomic E-state index is -0.243. The summed E-state index contributed by atoms with van der Waals surface area (Å²) in [6.07, 6.45) is 4.87. The number of carbonyl (C=O) groups excluding carboxylic acids is 1. The zero-order valence-corrected chi connectivity index (χ0v) is 15.6. The highest BCUT2D eigenvalue weighted by atomic mass is 19.1. The van der Waals surface area contributed by atoms with Gasteiger partial charge in [-0.25, -0.2) is 9.37 Å². The average Bonchev–Trinajstić information content (AvgIpc) is 3.10. The summed E-state index contributed by atoms with van der Waals surface area (Å²) in [5.41, 5.74) is 4.09. The fourth-order valence-electron chi connectivity index (χ4n) is 3.85. The van der Waals surface area contributed by atoms with Crippen molar-refractivity contribution in [2.45, 2.75) is 38.6 Å². The predicted molar refractivity (Wildman–Crippen MR) is 104 cm³/mol. The number of carbonyl (C=O) groups is 1. The maximum absolute atomic E-state index is 13.6. The maximum atomic E-state index is 13.6. The molecule has 3 aromatic rings. The van der Waals surface area contributed by atoms with Crippen LogP contribution in [-0.4, -0.2) is 33.4 Å². The number of amides is 1. The van der Waals surface area contributed by atoms with E-state index in [1.807, 2.05) is 4.90 Å². The van der Waals surface area contributed by atoms with Crippen LogP contribution < -0.4 is 0 Å². The Morgan fingerprint density at radius 1 is 1.15 bits per heavy atom. The van der Waals surface area contributed by atoms with Crippen molar-refractivity contribution < 1.29 is 9.18 Å². The van der Waals surface area contributed by atoms with Gasteiger partial charge in [0.2, 0.25) is 5.91 Å². The molecule has 27 heavy (non-hydrogen) atoms. The summed E-state index contributed by atoms with van der Waals surface area (Å²) in [6.45, 7) is 3.55. The van der Waals surface area contributed by atoms with Gasteiger partial charge in [0.15, 0.2) is 0 Å². The lowest BCUT2D eigenvalue weighted by molar-refractivity contribution is -0.132. The van der Waals surface area contributed by atoms with Gasteiger partial charge in [0.05, 0.1) is 17.4 Å². The quantitative estimate of drug-likeness (QED) is 0.692. The summed E-state index contributed by atoms with van der Waals surface area (Å²) < 4.78 is 15.6. The second kappa shape index (κ2) is 7.51. The molecule has 1 amide bonds. The Bertz CT molecular complexity index is 940. The van der Waals surface area contributed by atoms with Crippen molar-refractivity contribution in [3.05, 3.63) is 65.7 Å². The molecule has 1 fully saturated rings. The highest BCUT2D eigenvalue weighted by Gasteiger charge is 2.24. The van der Waals surface area contributed by atoms with Crippen LogP contribution in [0.5, 0.6) is 0 Å². The Balaban J connectivity index is 1.34. The van der Waals surface area contributed by atoms with Gasteiger partial charge < -0.3 is 9.47 Å². The third-order valence-electron chi connectivity index (χ3n) is 5.50. The van der Waals surface area contributed by atoms with Crippen LogP contribution in [0.4, 0.5) is 4.39 Å². The third kappa shape index (κ3) is 3.87. The zero-order chi connectivity index (χ0) is 18.8. The Labute approximate surface area is 158 Å². The van der Waals surface area contributed by atoms with Crippen LogP contribution in [0.1, 0.15) is 36.4 Å². The molecule has 2 heterocycles. The Hall–Kier alpha value is -2.69. The lowest BCUT2D eigenvalue weighted by atomic mass is 10.0. The van der Waals surface area contributed by atoms with Gasteiger partial charge in [0.1, 0.15) is 5.82 Å². The number of benzene rings is 2. The molecule has 0 radical (unpaired) electrons. The van der Waals surface area contributed by atoms with E-state index in [2.05, 4.69) is 40.7 Å². The number of imidazole rings is 1. The molecule has 5 heteroatoms. The highest BCUT2D eigenvalue weighted by molar-refractivity contribution is 5.77. The van der Waals surface area contributed by atoms with Crippen molar-refractivity contribution in [1.29, 1.82) is 0 Å². The zero-order valence-electron chi connectivity index (χ0n) is 15.6. The van der Waals surface area contributed by atoms with E-state index in [0.717, 1.165) is 43.4 Å². The molecule has 1 aliphatic heterocycles. The SMILES string of the molecule is Cc1ccc(CCC(=O)N2CCC(n3cnc4ccc(F)cc43)CC2)cc1. The van der Waals surface area contributed by atoms with Crippen molar-refractivity contribution in [1.82, 2.24) is 14.5 Å². The van der Waals surface area contributed by atoms with Gasteiger partial charge in [-0.1, -0.05) is 29.8 Å². The number of halogens is 1. The van der Waals surface area contributed by atoms with Crippen LogP contribution in [0, 0.1) is 12.7 Å². The second-order valence-electron chi connectivity index (χ2n) is 7.38. The number of aromatic nitrogens is 2. The van der Waals surface area contributed by atoms with Crippen LogP contribution in [0.15, 0.2) is 48.8 Å². The lowest BCUT2D eigenvalue weighted by Gasteiger charge is -2.33. The first-order chi connectivity index (χ1) is 13.1. The smallest absolute Gasteiger partial charge is 0.222 e. The molecule has 0 saturated carbocycles. The molecule has 1 aromatic heterocycles. The van der Waals surface area contributed by atoms with Crippen molar-refractivity contribution in [2.75, 3.05) is 13.1 Å². The van der Waals surface area contributed by atoms with Crippen LogP contribution >= 0.6 is 0 Å². The van der Waals surface area contributed by atoms with Gasteiger partial charge in [-0.05, 0) is 49.9 Å². The van der Waals surface area contributed by atoms with Gasteiger partial charge >= 0.3 is 0 Å². The normalized spacial score (nSPS) is 15.4. The molecule has 1 saturated heterocycles. The van der Waals surface area contributed by atoms with E-state index in [1.165, 1.54) is 17.2 Å². The predicted octanol–water partition coefficient (Wildman–Crippen LogP) is 4.28. The van der Waals surface area contributed by atoms with Gasteiger partial charge in [0, 0.05) is 25.6 Å². The fraction of sp³-hybridized carbons (Fsp3) is 0.364. The largest absolute Gasteiger partial charge is 0.343 e. The summed E-state index contributed by atoms with van der Waals surface area (Å²) in [4.78, 5) is 18.9. The van der Waals surface area contributed by atoms with Gasteiger partial charge in [-0.15, -0.1) is 0 Å². The molecular weight excluding hydrogens is 341 g/mol. The van der Waals surface area contributed by atoms with Gasteiger partial charge in [0.25, 0.3) is 0 Å².